The van der Waals surface area contributed by atoms with E-state index in [1.54, 1.807) is 0 Å². The Kier molecular flexibility index (Phi) is 8.12. The maximum Gasteiger partial charge on any atom is 0.126 e. The van der Waals surface area contributed by atoms with E-state index in [1.807, 2.05) is 42.5 Å². The number of para-hydroxylation sites is 1. The molecule has 1 heterocycles. The highest BCUT2D eigenvalue weighted by molar-refractivity contribution is 5.46. The molecule has 6 nitrogen and oxygen atoms in total. The molecule has 3 aromatic carbocycles. The van der Waals surface area contributed by atoms with Gasteiger partial charge in [-0.05, 0) is 46.7 Å². The van der Waals surface area contributed by atoms with Crippen LogP contribution in [0.15, 0.2) is 42.5 Å². The molecule has 6 bridgehead atoms. The largest absolute Gasteiger partial charge is 0.507 e. The Labute approximate surface area is 219 Å². The third-order valence-electron chi connectivity index (χ3n) is 6.84. The monoisotopic (exact) mass is 506 g/mol. The summed E-state index contributed by atoms with van der Waals surface area (Å²) in [5.74, 6) is 0.671. The molecule has 0 saturated heterocycles. The summed E-state index contributed by atoms with van der Waals surface area (Å²) in [4.78, 5) is 0. The molecule has 0 aliphatic carbocycles. The predicted octanol–water partition coefficient (Wildman–Crippen LogP) is 6.69. The minimum absolute atomic E-state index is 0.131. The lowest BCUT2D eigenvalue weighted by molar-refractivity contribution is 0.0929. The van der Waals surface area contributed by atoms with Crippen molar-refractivity contribution in [2.75, 3.05) is 0 Å². The second-order valence-corrected chi connectivity index (χ2v) is 11.1. The van der Waals surface area contributed by atoms with Crippen LogP contribution < -0.4 is 0 Å². The molecular weight excluding hydrogens is 468 g/mol. The predicted molar refractivity (Wildman–Crippen MR) is 143 cm³/mol. The van der Waals surface area contributed by atoms with E-state index in [9.17, 15) is 15.3 Å². The Hall–Kier alpha value is -3.06. The maximum absolute atomic E-state index is 11.1. The molecule has 0 saturated carbocycles. The smallest absolute Gasteiger partial charge is 0.126 e. The van der Waals surface area contributed by atoms with Gasteiger partial charge in [0.1, 0.15) is 17.2 Å². The summed E-state index contributed by atoms with van der Waals surface area (Å²) < 4.78 is 17.9. The molecule has 0 atom stereocenters. The lowest BCUT2D eigenvalue weighted by Gasteiger charge is -2.23. The average Bonchev–Trinajstić information content (AvgIpc) is 2.83. The summed E-state index contributed by atoms with van der Waals surface area (Å²) in [7, 11) is 0. The van der Waals surface area contributed by atoms with E-state index in [2.05, 4.69) is 34.6 Å². The molecule has 0 amide bonds. The maximum atomic E-state index is 11.1. The number of hydrogen-bond acceptors (Lipinski definition) is 6. The number of benzene rings is 3. The van der Waals surface area contributed by atoms with Crippen molar-refractivity contribution in [3.05, 3.63) is 87.0 Å². The first-order valence-electron chi connectivity index (χ1n) is 12.8. The highest BCUT2D eigenvalue weighted by Gasteiger charge is 2.20. The van der Waals surface area contributed by atoms with Crippen LogP contribution in [0.25, 0.3) is 0 Å². The number of aromatic hydroxyl groups is 3. The van der Waals surface area contributed by atoms with E-state index in [0.29, 0.717) is 33.4 Å². The van der Waals surface area contributed by atoms with Gasteiger partial charge in [0.05, 0.1) is 39.6 Å². The normalized spacial score (nSPS) is 15.3. The number of hydrogen-bond donors (Lipinski definition) is 3. The number of phenolic OH excluding ortho intramolecular Hbond substituents is 3. The van der Waals surface area contributed by atoms with Gasteiger partial charge in [-0.15, -0.1) is 0 Å². The Bertz CT molecular complexity index is 1260. The molecule has 1 aliphatic heterocycles. The third-order valence-corrected chi connectivity index (χ3v) is 6.84. The first-order chi connectivity index (χ1) is 17.5. The Balaban J connectivity index is 1.75. The molecule has 0 radical (unpaired) electrons. The molecule has 37 heavy (non-hydrogen) atoms. The van der Waals surface area contributed by atoms with Crippen LogP contribution in [0.3, 0.4) is 0 Å². The van der Waals surface area contributed by atoms with E-state index < -0.39 is 0 Å². The fourth-order valence-electron chi connectivity index (χ4n) is 4.44. The van der Waals surface area contributed by atoms with Gasteiger partial charge in [-0.25, -0.2) is 0 Å². The van der Waals surface area contributed by atoms with Gasteiger partial charge in [-0.2, -0.15) is 0 Å². The lowest BCUT2D eigenvalue weighted by Crippen LogP contribution is -2.13. The lowest BCUT2D eigenvalue weighted by atomic mass is 9.85. The van der Waals surface area contributed by atoms with Gasteiger partial charge in [-0.1, -0.05) is 52.8 Å². The van der Waals surface area contributed by atoms with Gasteiger partial charge in [0.25, 0.3) is 0 Å². The molecule has 198 valence electrons. The second-order valence-electron chi connectivity index (χ2n) is 11.1. The standard InChI is InChI=1S/C31H38O6/c1-19(2)22-9-23-15-35-13-20-7-6-8-21(28(20)32)14-36-17-25-11-27(31(3,4)5)12-26(30(25)34)18-37-16-24(10-22)29(23)33/h6-12,19,32-34H,13-18H2,1-5H3. The highest BCUT2D eigenvalue weighted by atomic mass is 16.5. The molecule has 0 aromatic heterocycles. The van der Waals surface area contributed by atoms with Crippen molar-refractivity contribution in [3.63, 3.8) is 0 Å². The van der Waals surface area contributed by atoms with Crippen molar-refractivity contribution in [2.45, 2.75) is 85.6 Å². The van der Waals surface area contributed by atoms with Gasteiger partial charge in [0, 0.05) is 33.4 Å². The second kappa shape index (κ2) is 11.1. The van der Waals surface area contributed by atoms with E-state index >= 15 is 0 Å². The Morgan fingerprint density at radius 2 is 0.946 bits per heavy atom. The first kappa shape index (κ1) is 27.0. The van der Waals surface area contributed by atoms with Crippen LogP contribution in [0.4, 0.5) is 0 Å². The summed E-state index contributed by atoms with van der Waals surface area (Å²) in [5.41, 5.74) is 5.96. The molecule has 0 spiro atoms. The highest BCUT2D eigenvalue weighted by Crippen LogP contribution is 2.34. The van der Waals surface area contributed by atoms with Crippen molar-refractivity contribution in [2.24, 2.45) is 0 Å². The van der Waals surface area contributed by atoms with Crippen LogP contribution >= 0.6 is 0 Å². The number of fused-ring (bicyclic) bond motifs is 6. The summed E-state index contributed by atoms with van der Waals surface area (Å²) in [6.45, 7) is 11.7. The van der Waals surface area contributed by atoms with Crippen LogP contribution in [-0.2, 0) is 59.3 Å². The molecule has 1 aliphatic rings. The summed E-state index contributed by atoms with van der Waals surface area (Å²) in [6, 6.07) is 13.3. The SMILES string of the molecule is CC(C)c1cc2c(O)c(c1)COCc1cc(C(C)(C)C)cc(c1O)COCc1cccc(c1O)COC2. The summed E-state index contributed by atoms with van der Waals surface area (Å²) in [6.07, 6.45) is 0. The van der Waals surface area contributed by atoms with Crippen molar-refractivity contribution < 1.29 is 29.5 Å². The quantitative estimate of drug-likeness (QED) is 0.341. The van der Waals surface area contributed by atoms with Crippen LogP contribution in [-0.4, -0.2) is 15.3 Å². The first-order valence-corrected chi connectivity index (χ1v) is 12.8. The fraction of sp³-hybridized carbons (Fsp3) is 0.419. The van der Waals surface area contributed by atoms with Gasteiger partial charge in [-0.3, -0.25) is 0 Å². The zero-order valence-electron chi connectivity index (χ0n) is 22.4. The minimum Gasteiger partial charge on any atom is -0.507 e. The number of ether oxygens (including phenoxy) is 3. The third kappa shape index (κ3) is 6.27. The molecule has 3 aromatic rings. The fourth-order valence-corrected chi connectivity index (χ4v) is 4.44. The Morgan fingerprint density at radius 1 is 0.595 bits per heavy atom. The molecule has 0 unspecified atom stereocenters. The van der Waals surface area contributed by atoms with E-state index in [4.69, 9.17) is 14.2 Å². The number of phenols is 3. The van der Waals surface area contributed by atoms with Gasteiger partial charge in [0.15, 0.2) is 0 Å². The average molecular weight is 507 g/mol. The van der Waals surface area contributed by atoms with E-state index in [1.165, 1.54) is 0 Å². The van der Waals surface area contributed by atoms with Crippen LogP contribution in [0.2, 0.25) is 0 Å². The van der Waals surface area contributed by atoms with Crippen molar-refractivity contribution >= 4 is 0 Å². The van der Waals surface area contributed by atoms with E-state index in [0.717, 1.165) is 11.1 Å². The summed E-state index contributed by atoms with van der Waals surface area (Å²) in [5, 5.41) is 32.9. The van der Waals surface area contributed by atoms with Crippen LogP contribution in [0.5, 0.6) is 17.2 Å². The van der Waals surface area contributed by atoms with Gasteiger partial charge < -0.3 is 29.5 Å². The van der Waals surface area contributed by atoms with Crippen molar-refractivity contribution in [1.82, 2.24) is 0 Å². The zero-order chi connectivity index (χ0) is 26.7. The number of rotatable bonds is 1. The molecule has 6 heteroatoms. The van der Waals surface area contributed by atoms with Gasteiger partial charge in [0.2, 0.25) is 0 Å². The zero-order valence-corrected chi connectivity index (χ0v) is 22.4. The molecule has 4 rings (SSSR count). The molecule has 3 N–H and O–H groups in total. The van der Waals surface area contributed by atoms with Crippen molar-refractivity contribution in [1.29, 1.82) is 0 Å². The minimum atomic E-state index is -0.139. The van der Waals surface area contributed by atoms with Crippen molar-refractivity contribution in [3.8, 4) is 17.2 Å². The molecular formula is C31H38O6. The van der Waals surface area contributed by atoms with Crippen LogP contribution in [0, 0.1) is 0 Å². The Morgan fingerprint density at radius 3 is 1.32 bits per heavy atom. The molecule has 0 fully saturated rings. The van der Waals surface area contributed by atoms with E-state index in [-0.39, 0.29) is 68.2 Å². The van der Waals surface area contributed by atoms with Crippen LogP contribution in [0.1, 0.15) is 85.0 Å². The summed E-state index contributed by atoms with van der Waals surface area (Å²) >= 11 is 0. The van der Waals surface area contributed by atoms with Gasteiger partial charge >= 0.3 is 0 Å². The topological polar surface area (TPSA) is 88.4 Å².